The largest absolute Gasteiger partial charge is 0.494 e. The minimum absolute atomic E-state index is 0.115. The molecule has 4 nitrogen and oxygen atoms in total. The average molecular weight is 291 g/mol. The van der Waals surface area contributed by atoms with E-state index in [4.69, 9.17) is 15.2 Å². The van der Waals surface area contributed by atoms with Crippen LogP contribution >= 0.6 is 0 Å². The maximum Gasteiger partial charge on any atom is 0.305 e. The maximum atomic E-state index is 11.4. The Labute approximate surface area is 126 Å². The molecular weight excluding hydrogens is 266 g/mol. The highest BCUT2D eigenvalue weighted by atomic mass is 16.5. The van der Waals surface area contributed by atoms with Crippen LogP contribution < -0.4 is 10.5 Å². The van der Waals surface area contributed by atoms with Gasteiger partial charge in [0.1, 0.15) is 5.75 Å². The Balaban J connectivity index is 2.03. The second kappa shape index (κ2) is 7.46. The molecule has 1 aliphatic carbocycles. The van der Waals surface area contributed by atoms with E-state index in [1.165, 1.54) is 11.1 Å². The van der Waals surface area contributed by atoms with Crippen LogP contribution in [0.15, 0.2) is 18.2 Å². The summed E-state index contributed by atoms with van der Waals surface area (Å²) in [5, 5.41) is 0. The van der Waals surface area contributed by atoms with Crippen LogP contribution in [0, 0.1) is 0 Å². The number of carbonyl (C=O) groups excluding carboxylic acids is 1. The first-order chi connectivity index (χ1) is 10.2. The molecule has 2 unspecified atom stereocenters. The van der Waals surface area contributed by atoms with E-state index in [0.717, 1.165) is 25.0 Å². The van der Waals surface area contributed by atoms with Gasteiger partial charge >= 0.3 is 5.97 Å². The van der Waals surface area contributed by atoms with E-state index in [0.29, 0.717) is 19.6 Å². The van der Waals surface area contributed by atoms with Crippen molar-refractivity contribution in [2.45, 2.75) is 51.5 Å². The summed E-state index contributed by atoms with van der Waals surface area (Å²) in [6.07, 6.45) is 3.05. The van der Waals surface area contributed by atoms with Gasteiger partial charge < -0.3 is 15.2 Å². The number of hydrogen-bond acceptors (Lipinski definition) is 4. The summed E-state index contributed by atoms with van der Waals surface area (Å²) >= 11 is 0. The van der Waals surface area contributed by atoms with Crippen LogP contribution in [0.25, 0.3) is 0 Å². The molecule has 0 saturated heterocycles. The van der Waals surface area contributed by atoms with Gasteiger partial charge in [-0.1, -0.05) is 12.1 Å². The van der Waals surface area contributed by atoms with E-state index < -0.39 is 0 Å². The summed E-state index contributed by atoms with van der Waals surface area (Å²) in [4.78, 5) is 11.4. The summed E-state index contributed by atoms with van der Waals surface area (Å²) in [5.41, 5.74) is 8.83. The Bertz CT molecular complexity index is 487. The van der Waals surface area contributed by atoms with Crippen LogP contribution in [0.1, 0.15) is 50.2 Å². The minimum atomic E-state index is -0.123. The van der Waals surface area contributed by atoms with Gasteiger partial charge in [-0.25, -0.2) is 0 Å². The molecule has 0 aliphatic heterocycles. The number of nitrogens with two attached hydrogens (primary N) is 1. The van der Waals surface area contributed by atoms with Crippen LogP contribution in [0.5, 0.6) is 5.75 Å². The van der Waals surface area contributed by atoms with E-state index in [1.807, 2.05) is 26.0 Å². The summed E-state index contributed by atoms with van der Waals surface area (Å²) < 4.78 is 10.7. The highest BCUT2D eigenvalue weighted by Crippen LogP contribution is 2.41. The van der Waals surface area contributed by atoms with Gasteiger partial charge in [-0.3, -0.25) is 4.79 Å². The lowest BCUT2D eigenvalue weighted by Crippen LogP contribution is -2.25. The van der Waals surface area contributed by atoms with Crippen molar-refractivity contribution in [1.82, 2.24) is 0 Å². The van der Waals surface area contributed by atoms with Crippen molar-refractivity contribution in [2.75, 3.05) is 13.2 Å². The Morgan fingerprint density at radius 3 is 2.86 bits per heavy atom. The number of rotatable bonds is 7. The Hall–Kier alpha value is -1.55. The van der Waals surface area contributed by atoms with Crippen molar-refractivity contribution < 1.29 is 14.3 Å². The highest BCUT2D eigenvalue weighted by Gasteiger charge is 2.32. The lowest BCUT2D eigenvalue weighted by molar-refractivity contribution is -0.143. The molecule has 4 heteroatoms. The first-order valence-corrected chi connectivity index (χ1v) is 7.83. The molecule has 0 radical (unpaired) electrons. The van der Waals surface area contributed by atoms with Gasteiger partial charge in [0, 0.05) is 23.9 Å². The van der Waals surface area contributed by atoms with Crippen molar-refractivity contribution in [3.63, 3.8) is 0 Å². The molecule has 2 N–H and O–H groups in total. The molecule has 116 valence electrons. The standard InChI is InChI=1S/C17H25NO3/c1-3-20-15-9-5-7-12-11-14(18)13(17(12)15)8-6-10-16(19)21-4-2/h5,7,9,13-14H,3-4,6,8,10-11,18H2,1-2H3. The van der Waals surface area contributed by atoms with Gasteiger partial charge in [0.15, 0.2) is 0 Å². The number of ether oxygens (including phenoxy) is 2. The minimum Gasteiger partial charge on any atom is -0.494 e. The lowest BCUT2D eigenvalue weighted by Gasteiger charge is -2.19. The van der Waals surface area contributed by atoms with Crippen molar-refractivity contribution in [2.24, 2.45) is 5.73 Å². The van der Waals surface area contributed by atoms with Crippen molar-refractivity contribution >= 4 is 5.97 Å². The zero-order valence-electron chi connectivity index (χ0n) is 12.9. The summed E-state index contributed by atoms with van der Waals surface area (Å²) in [6.45, 7) is 4.92. The zero-order valence-corrected chi connectivity index (χ0v) is 12.9. The molecule has 0 amide bonds. The molecular formula is C17H25NO3. The first kappa shape index (κ1) is 15.8. The molecule has 0 spiro atoms. The average Bonchev–Trinajstić information content (AvgIpc) is 2.77. The molecule has 2 atom stereocenters. The topological polar surface area (TPSA) is 61.5 Å². The summed E-state index contributed by atoms with van der Waals surface area (Å²) in [5.74, 6) is 1.10. The Morgan fingerprint density at radius 1 is 1.33 bits per heavy atom. The van der Waals surface area contributed by atoms with Gasteiger partial charge in [0.25, 0.3) is 0 Å². The van der Waals surface area contributed by atoms with Gasteiger partial charge in [0.2, 0.25) is 0 Å². The smallest absolute Gasteiger partial charge is 0.305 e. The van der Waals surface area contributed by atoms with Crippen molar-refractivity contribution in [3.05, 3.63) is 29.3 Å². The van der Waals surface area contributed by atoms with Crippen molar-refractivity contribution in [1.29, 1.82) is 0 Å². The van der Waals surface area contributed by atoms with Gasteiger partial charge in [-0.2, -0.15) is 0 Å². The second-order valence-electron chi connectivity index (χ2n) is 5.43. The number of hydrogen-bond donors (Lipinski definition) is 1. The van der Waals surface area contributed by atoms with E-state index in [1.54, 1.807) is 0 Å². The maximum absolute atomic E-state index is 11.4. The molecule has 21 heavy (non-hydrogen) atoms. The van der Waals surface area contributed by atoms with E-state index in [-0.39, 0.29) is 17.9 Å². The second-order valence-corrected chi connectivity index (χ2v) is 5.43. The molecule has 1 aromatic carbocycles. The van der Waals surface area contributed by atoms with Crippen LogP contribution in [0.3, 0.4) is 0 Å². The summed E-state index contributed by atoms with van der Waals surface area (Å²) in [7, 11) is 0. The zero-order chi connectivity index (χ0) is 15.2. The molecule has 0 bridgehead atoms. The van der Waals surface area contributed by atoms with Crippen LogP contribution in [0.2, 0.25) is 0 Å². The third-order valence-corrected chi connectivity index (χ3v) is 4.00. The fourth-order valence-corrected chi connectivity index (χ4v) is 3.14. The SMILES string of the molecule is CCOC(=O)CCCC1c2c(cccc2OCC)CC1N. The normalized spacial score (nSPS) is 20.1. The molecule has 1 aromatic rings. The third-order valence-electron chi connectivity index (χ3n) is 4.00. The number of carbonyl (C=O) groups is 1. The molecule has 0 saturated carbocycles. The lowest BCUT2D eigenvalue weighted by atomic mass is 9.92. The first-order valence-electron chi connectivity index (χ1n) is 7.83. The van der Waals surface area contributed by atoms with Crippen LogP contribution in [-0.4, -0.2) is 25.2 Å². The molecule has 1 aliphatic rings. The number of esters is 1. The third kappa shape index (κ3) is 3.76. The van der Waals surface area contributed by atoms with Gasteiger partial charge in [-0.15, -0.1) is 0 Å². The Kier molecular flexibility index (Phi) is 5.62. The summed E-state index contributed by atoms with van der Waals surface area (Å²) in [6, 6.07) is 6.28. The van der Waals surface area contributed by atoms with Crippen LogP contribution in [0.4, 0.5) is 0 Å². The van der Waals surface area contributed by atoms with Crippen molar-refractivity contribution in [3.8, 4) is 5.75 Å². The Morgan fingerprint density at radius 2 is 2.14 bits per heavy atom. The predicted octanol–water partition coefficient (Wildman–Crippen LogP) is 2.79. The monoisotopic (exact) mass is 291 g/mol. The van der Waals surface area contributed by atoms with E-state index >= 15 is 0 Å². The highest BCUT2D eigenvalue weighted by molar-refractivity contribution is 5.69. The van der Waals surface area contributed by atoms with Gasteiger partial charge in [-0.05, 0) is 44.7 Å². The molecule has 2 rings (SSSR count). The molecule has 0 heterocycles. The van der Waals surface area contributed by atoms with E-state index in [2.05, 4.69) is 6.07 Å². The van der Waals surface area contributed by atoms with Crippen LogP contribution in [-0.2, 0) is 16.0 Å². The fraction of sp³-hybridized carbons (Fsp3) is 0.588. The quantitative estimate of drug-likeness (QED) is 0.785. The predicted molar refractivity (Wildman–Crippen MR) is 82.5 cm³/mol. The van der Waals surface area contributed by atoms with E-state index in [9.17, 15) is 4.79 Å². The molecule has 0 fully saturated rings. The molecule has 0 aromatic heterocycles. The van der Waals surface area contributed by atoms with Gasteiger partial charge in [0.05, 0.1) is 13.2 Å². The fourth-order valence-electron chi connectivity index (χ4n) is 3.14. The number of benzene rings is 1. The number of fused-ring (bicyclic) bond motifs is 1.